The summed E-state index contributed by atoms with van der Waals surface area (Å²) in [6, 6.07) is 3.89. The number of anilines is 1. The Balaban J connectivity index is 2.14. The van der Waals surface area contributed by atoms with Gasteiger partial charge in [-0.25, -0.2) is 4.98 Å². The van der Waals surface area contributed by atoms with Gasteiger partial charge in [-0.2, -0.15) is 0 Å². The van der Waals surface area contributed by atoms with Gasteiger partial charge in [0.1, 0.15) is 17.3 Å². The Bertz CT molecular complexity index is 667. The van der Waals surface area contributed by atoms with Gasteiger partial charge >= 0.3 is 0 Å². The van der Waals surface area contributed by atoms with Crippen LogP contribution in [-0.4, -0.2) is 16.3 Å². The van der Waals surface area contributed by atoms with Gasteiger partial charge in [0.2, 0.25) is 6.79 Å². The molecule has 0 bridgehead atoms. The molecule has 0 saturated carbocycles. The zero-order chi connectivity index (χ0) is 14.3. The molecule has 0 spiro atoms. The van der Waals surface area contributed by atoms with Crippen molar-refractivity contribution in [3.8, 4) is 22.8 Å². The van der Waals surface area contributed by atoms with Crippen LogP contribution in [0.5, 0.6) is 11.5 Å². The van der Waals surface area contributed by atoms with Gasteiger partial charge in [0.15, 0.2) is 11.5 Å². The Labute approximate surface area is 125 Å². The quantitative estimate of drug-likeness (QED) is 0.934. The first-order chi connectivity index (χ1) is 9.65. The number of rotatable bonds is 3. The first-order valence-electron chi connectivity index (χ1n) is 6.60. The van der Waals surface area contributed by atoms with E-state index in [1.165, 1.54) is 0 Å². The SMILES string of the molecule is CCc1nc(-c2cc(Br)c3c(c2)OCO3)c(N)n1CC. The van der Waals surface area contributed by atoms with Crippen molar-refractivity contribution in [1.82, 2.24) is 9.55 Å². The predicted molar refractivity (Wildman–Crippen MR) is 81.0 cm³/mol. The number of nitrogen functional groups attached to an aromatic ring is 1. The second kappa shape index (κ2) is 5.01. The van der Waals surface area contributed by atoms with Crippen LogP contribution in [-0.2, 0) is 13.0 Å². The maximum absolute atomic E-state index is 6.23. The minimum absolute atomic E-state index is 0.247. The molecule has 1 aromatic heterocycles. The van der Waals surface area contributed by atoms with Crippen molar-refractivity contribution in [3.05, 3.63) is 22.4 Å². The topological polar surface area (TPSA) is 62.3 Å². The average molecular weight is 338 g/mol. The molecule has 20 heavy (non-hydrogen) atoms. The number of hydrogen-bond donors (Lipinski definition) is 1. The molecule has 0 unspecified atom stereocenters. The first-order valence-corrected chi connectivity index (χ1v) is 7.39. The fourth-order valence-electron chi connectivity index (χ4n) is 2.45. The highest BCUT2D eigenvalue weighted by molar-refractivity contribution is 9.10. The third kappa shape index (κ3) is 1.95. The number of nitrogens with two attached hydrogens (primary N) is 1. The lowest BCUT2D eigenvalue weighted by atomic mass is 10.1. The largest absolute Gasteiger partial charge is 0.454 e. The Kier molecular flexibility index (Phi) is 3.33. The fraction of sp³-hybridized carbons (Fsp3) is 0.357. The molecule has 0 saturated heterocycles. The minimum Gasteiger partial charge on any atom is -0.454 e. The lowest BCUT2D eigenvalue weighted by Crippen LogP contribution is -2.04. The van der Waals surface area contributed by atoms with E-state index in [-0.39, 0.29) is 6.79 Å². The molecule has 0 amide bonds. The van der Waals surface area contributed by atoms with Crippen LogP contribution in [0.15, 0.2) is 16.6 Å². The van der Waals surface area contributed by atoms with Crippen LogP contribution in [0.2, 0.25) is 0 Å². The lowest BCUT2D eigenvalue weighted by Gasteiger charge is -2.06. The Hall–Kier alpha value is -1.69. The van der Waals surface area contributed by atoms with Crippen molar-refractivity contribution in [3.63, 3.8) is 0 Å². The molecule has 106 valence electrons. The van der Waals surface area contributed by atoms with E-state index in [2.05, 4.69) is 34.8 Å². The summed E-state index contributed by atoms with van der Waals surface area (Å²) < 4.78 is 13.7. The van der Waals surface area contributed by atoms with E-state index in [4.69, 9.17) is 15.2 Å². The van der Waals surface area contributed by atoms with Crippen LogP contribution in [0.3, 0.4) is 0 Å². The zero-order valence-corrected chi connectivity index (χ0v) is 13.0. The minimum atomic E-state index is 0.247. The Morgan fingerprint density at radius 1 is 1.35 bits per heavy atom. The van der Waals surface area contributed by atoms with Gasteiger partial charge in [-0.15, -0.1) is 0 Å². The third-order valence-corrected chi connectivity index (χ3v) is 4.01. The highest BCUT2D eigenvalue weighted by Gasteiger charge is 2.21. The molecule has 1 aromatic carbocycles. The molecule has 1 aliphatic rings. The van der Waals surface area contributed by atoms with Crippen molar-refractivity contribution in [1.29, 1.82) is 0 Å². The van der Waals surface area contributed by atoms with Crippen molar-refractivity contribution in [2.75, 3.05) is 12.5 Å². The van der Waals surface area contributed by atoms with E-state index in [0.717, 1.165) is 46.0 Å². The van der Waals surface area contributed by atoms with E-state index in [1.807, 2.05) is 16.7 Å². The predicted octanol–water partition coefficient (Wildman–Crippen LogP) is 3.21. The number of halogens is 1. The molecule has 0 atom stereocenters. The van der Waals surface area contributed by atoms with Crippen LogP contribution in [0.25, 0.3) is 11.3 Å². The van der Waals surface area contributed by atoms with Gasteiger partial charge in [-0.1, -0.05) is 6.92 Å². The maximum atomic E-state index is 6.23. The standard InChI is InChI=1S/C14H16BrN3O2/c1-3-11-17-12(14(16)18(11)4-2)8-5-9(15)13-10(6-8)19-7-20-13/h5-6H,3-4,7,16H2,1-2H3. The summed E-state index contributed by atoms with van der Waals surface area (Å²) in [7, 11) is 0. The first kappa shape index (κ1) is 13.3. The highest BCUT2D eigenvalue weighted by atomic mass is 79.9. The molecule has 2 aromatic rings. The summed E-state index contributed by atoms with van der Waals surface area (Å²) in [6.07, 6.45) is 0.851. The summed E-state index contributed by atoms with van der Waals surface area (Å²) in [6.45, 7) is 5.20. The molecule has 1 aliphatic heterocycles. The number of aryl methyl sites for hydroxylation is 1. The monoisotopic (exact) mass is 337 g/mol. The van der Waals surface area contributed by atoms with E-state index >= 15 is 0 Å². The number of nitrogens with zero attached hydrogens (tertiary/aromatic N) is 2. The summed E-state index contributed by atoms with van der Waals surface area (Å²) in [5.41, 5.74) is 7.96. The number of hydrogen-bond acceptors (Lipinski definition) is 4. The van der Waals surface area contributed by atoms with Crippen molar-refractivity contribution >= 4 is 21.7 Å². The van der Waals surface area contributed by atoms with Gasteiger partial charge in [-0.05, 0) is 35.0 Å². The number of aromatic nitrogens is 2. The van der Waals surface area contributed by atoms with Gasteiger partial charge in [-0.3, -0.25) is 0 Å². The van der Waals surface area contributed by atoms with Crippen LogP contribution in [0.4, 0.5) is 5.82 Å². The van der Waals surface area contributed by atoms with Gasteiger partial charge < -0.3 is 19.8 Å². The lowest BCUT2D eigenvalue weighted by molar-refractivity contribution is 0.173. The molecule has 3 rings (SSSR count). The Morgan fingerprint density at radius 3 is 2.80 bits per heavy atom. The van der Waals surface area contributed by atoms with Gasteiger partial charge in [0.25, 0.3) is 0 Å². The normalized spacial score (nSPS) is 12.9. The van der Waals surface area contributed by atoms with Crippen LogP contribution in [0.1, 0.15) is 19.7 Å². The molecule has 6 heteroatoms. The Morgan fingerprint density at radius 2 is 2.15 bits per heavy atom. The number of benzene rings is 1. The van der Waals surface area contributed by atoms with E-state index < -0.39 is 0 Å². The summed E-state index contributed by atoms with van der Waals surface area (Å²) >= 11 is 3.50. The van der Waals surface area contributed by atoms with E-state index in [1.54, 1.807) is 0 Å². The summed E-state index contributed by atoms with van der Waals surface area (Å²) in [5, 5.41) is 0. The average Bonchev–Trinajstić information content (AvgIpc) is 3.02. The molecular weight excluding hydrogens is 322 g/mol. The molecule has 2 heterocycles. The molecule has 2 N–H and O–H groups in total. The third-order valence-electron chi connectivity index (χ3n) is 3.42. The van der Waals surface area contributed by atoms with Crippen molar-refractivity contribution < 1.29 is 9.47 Å². The zero-order valence-electron chi connectivity index (χ0n) is 11.4. The second-order valence-electron chi connectivity index (χ2n) is 4.55. The molecule has 0 radical (unpaired) electrons. The van der Waals surface area contributed by atoms with E-state index in [9.17, 15) is 0 Å². The number of imidazole rings is 1. The van der Waals surface area contributed by atoms with Crippen molar-refractivity contribution in [2.24, 2.45) is 0 Å². The van der Waals surface area contributed by atoms with Gasteiger partial charge in [0.05, 0.1) is 4.47 Å². The van der Waals surface area contributed by atoms with Gasteiger partial charge in [0, 0.05) is 18.5 Å². The maximum Gasteiger partial charge on any atom is 0.231 e. The fourth-order valence-corrected chi connectivity index (χ4v) is 3.01. The van der Waals surface area contributed by atoms with Crippen LogP contribution in [0, 0.1) is 0 Å². The van der Waals surface area contributed by atoms with E-state index in [0.29, 0.717) is 5.82 Å². The van der Waals surface area contributed by atoms with Crippen LogP contribution < -0.4 is 15.2 Å². The van der Waals surface area contributed by atoms with Crippen molar-refractivity contribution in [2.45, 2.75) is 26.8 Å². The smallest absolute Gasteiger partial charge is 0.231 e. The summed E-state index contributed by atoms with van der Waals surface area (Å²) in [4.78, 5) is 4.66. The second-order valence-corrected chi connectivity index (χ2v) is 5.41. The molecule has 5 nitrogen and oxygen atoms in total. The van der Waals surface area contributed by atoms with Crippen LogP contribution >= 0.6 is 15.9 Å². The highest BCUT2D eigenvalue weighted by Crippen LogP contribution is 2.43. The molecule has 0 aliphatic carbocycles. The number of ether oxygens (including phenoxy) is 2. The molecule has 0 fully saturated rings. The molecular formula is C14H16BrN3O2. The summed E-state index contributed by atoms with van der Waals surface area (Å²) in [5.74, 6) is 3.14. The number of fused-ring (bicyclic) bond motifs is 1.